The fourth-order valence-corrected chi connectivity index (χ4v) is 0.992. The highest BCUT2D eigenvalue weighted by Crippen LogP contribution is 2.43. The fraction of sp³-hybridized carbons (Fsp3) is 0.818. The Labute approximate surface area is 77.5 Å². The molecule has 0 radical (unpaired) electrons. The largest absolute Gasteiger partial charge is 0.381 e. The average molecular weight is 169 g/mol. The van der Waals surface area contributed by atoms with E-state index in [1.165, 1.54) is 5.70 Å². The van der Waals surface area contributed by atoms with Gasteiger partial charge in [0.05, 0.1) is 0 Å². The first kappa shape index (κ1) is 11.5. The number of hydrogen-bond donors (Lipinski definition) is 0. The van der Waals surface area contributed by atoms with Crippen molar-refractivity contribution in [3.05, 3.63) is 12.3 Å². The number of nitrogens with zero attached hydrogens (tertiary/aromatic N) is 1. The molecule has 0 saturated carbocycles. The zero-order chi connectivity index (χ0) is 10.2. The van der Waals surface area contributed by atoms with Crippen molar-refractivity contribution in [3.8, 4) is 0 Å². The summed E-state index contributed by atoms with van der Waals surface area (Å²) in [5.74, 6) is 0. The third-order valence-corrected chi connectivity index (χ3v) is 3.14. The van der Waals surface area contributed by atoms with Crippen molar-refractivity contribution in [2.24, 2.45) is 10.8 Å². The van der Waals surface area contributed by atoms with Crippen molar-refractivity contribution < 1.29 is 0 Å². The summed E-state index contributed by atoms with van der Waals surface area (Å²) in [5, 5.41) is 0. The zero-order valence-corrected chi connectivity index (χ0v) is 9.65. The number of rotatable bonds is 2. The molecule has 0 aromatic rings. The molecule has 72 valence electrons. The van der Waals surface area contributed by atoms with Gasteiger partial charge in [-0.05, 0) is 5.41 Å². The van der Waals surface area contributed by atoms with E-state index in [0.717, 1.165) is 0 Å². The molecule has 0 heterocycles. The van der Waals surface area contributed by atoms with Gasteiger partial charge in [0.2, 0.25) is 0 Å². The van der Waals surface area contributed by atoms with Crippen molar-refractivity contribution in [3.63, 3.8) is 0 Å². The van der Waals surface area contributed by atoms with Crippen molar-refractivity contribution >= 4 is 0 Å². The highest BCUT2D eigenvalue weighted by atomic mass is 15.1. The van der Waals surface area contributed by atoms with E-state index in [2.05, 4.69) is 60.2 Å². The van der Waals surface area contributed by atoms with Crippen LogP contribution in [-0.4, -0.2) is 19.0 Å². The molecular formula is C11H23N. The first-order chi connectivity index (χ1) is 5.10. The Balaban J connectivity index is 4.74. The number of hydrogen-bond acceptors (Lipinski definition) is 1. The van der Waals surface area contributed by atoms with Crippen molar-refractivity contribution in [2.75, 3.05) is 14.1 Å². The summed E-state index contributed by atoms with van der Waals surface area (Å²) in [5.41, 5.74) is 1.60. The highest BCUT2D eigenvalue weighted by Gasteiger charge is 2.36. The summed E-state index contributed by atoms with van der Waals surface area (Å²) in [6, 6.07) is 0. The Hall–Kier alpha value is -0.460. The minimum Gasteiger partial charge on any atom is -0.381 e. The normalized spacial score (nSPS) is 12.9. The summed E-state index contributed by atoms with van der Waals surface area (Å²) in [6.45, 7) is 15.4. The Kier molecular flexibility index (Phi) is 3.00. The van der Waals surface area contributed by atoms with Crippen LogP contribution >= 0.6 is 0 Å². The maximum absolute atomic E-state index is 4.12. The molecule has 1 nitrogen and oxygen atoms in total. The molecule has 0 aromatic carbocycles. The number of allylic oxidation sites excluding steroid dienone is 1. The lowest BCUT2D eigenvalue weighted by Crippen LogP contribution is -2.36. The van der Waals surface area contributed by atoms with Gasteiger partial charge in [-0.1, -0.05) is 41.2 Å². The zero-order valence-electron chi connectivity index (χ0n) is 9.65. The molecule has 0 aliphatic heterocycles. The molecule has 0 aliphatic rings. The summed E-state index contributed by atoms with van der Waals surface area (Å²) in [7, 11) is 4.10. The van der Waals surface area contributed by atoms with Crippen LogP contribution in [0.15, 0.2) is 12.3 Å². The topological polar surface area (TPSA) is 3.24 Å². The van der Waals surface area contributed by atoms with E-state index in [4.69, 9.17) is 0 Å². The van der Waals surface area contributed by atoms with Crippen LogP contribution in [0.25, 0.3) is 0 Å². The average Bonchev–Trinajstić information content (AvgIpc) is 1.83. The van der Waals surface area contributed by atoms with Crippen LogP contribution in [0, 0.1) is 10.8 Å². The first-order valence-corrected chi connectivity index (χ1v) is 4.47. The van der Waals surface area contributed by atoms with Gasteiger partial charge in [-0.25, -0.2) is 0 Å². The van der Waals surface area contributed by atoms with Gasteiger partial charge < -0.3 is 4.90 Å². The van der Waals surface area contributed by atoms with Crippen LogP contribution in [-0.2, 0) is 0 Å². The van der Waals surface area contributed by atoms with Crippen LogP contribution in [0.2, 0.25) is 0 Å². The predicted octanol–water partition coefficient (Wildman–Crippen LogP) is 3.13. The van der Waals surface area contributed by atoms with E-state index < -0.39 is 0 Å². The second-order valence-corrected chi connectivity index (χ2v) is 5.22. The summed E-state index contributed by atoms with van der Waals surface area (Å²) in [4.78, 5) is 2.10. The van der Waals surface area contributed by atoms with Gasteiger partial charge in [-0.3, -0.25) is 0 Å². The standard InChI is InChI=1S/C11H23N/c1-9(12(7)8)11(5,6)10(2,3)4/h1H2,2-8H3. The first-order valence-electron chi connectivity index (χ1n) is 4.47. The Morgan fingerprint density at radius 2 is 1.33 bits per heavy atom. The molecule has 1 heteroatoms. The fourth-order valence-electron chi connectivity index (χ4n) is 0.992. The molecule has 0 rings (SSSR count). The maximum atomic E-state index is 4.12. The predicted molar refractivity (Wildman–Crippen MR) is 56.1 cm³/mol. The van der Waals surface area contributed by atoms with Gasteiger partial charge in [-0.15, -0.1) is 0 Å². The molecule has 0 N–H and O–H groups in total. The molecule has 0 atom stereocenters. The molecule has 0 aliphatic carbocycles. The van der Waals surface area contributed by atoms with Crippen LogP contribution in [0.4, 0.5) is 0 Å². The van der Waals surface area contributed by atoms with Gasteiger partial charge in [0.25, 0.3) is 0 Å². The van der Waals surface area contributed by atoms with Gasteiger partial charge in [0.1, 0.15) is 0 Å². The summed E-state index contributed by atoms with van der Waals surface area (Å²) in [6.07, 6.45) is 0. The molecule has 0 fully saturated rings. The monoisotopic (exact) mass is 169 g/mol. The minimum absolute atomic E-state index is 0.149. The second kappa shape index (κ2) is 3.12. The van der Waals surface area contributed by atoms with Gasteiger partial charge in [0, 0.05) is 25.2 Å². The van der Waals surface area contributed by atoms with Crippen LogP contribution in [0.3, 0.4) is 0 Å². The Morgan fingerprint density at radius 1 is 1.00 bits per heavy atom. The molecule has 0 spiro atoms. The van der Waals surface area contributed by atoms with E-state index in [0.29, 0.717) is 0 Å². The van der Waals surface area contributed by atoms with Crippen molar-refractivity contribution in [2.45, 2.75) is 34.6 Å². The van der Waals surface area contributed by atoms with Gasteiger partial charge in [-0.2, -0.15) is 0 Å². The van der Waals surface area contributed by atoms with E-state index >= 15 is 0 Å². The summed E-state index contributed by atoms with van der Waals surface area (Å²) >= 11 is 0. The van der Waals surface area contributed by atoms with Crippen LogP contribution in [0.1, 0.15) is 34.6 Å². The van der Waals surface area contributed by atoms with Gasteiger partial charge >= 0.3 is 0 Å². The lowest BCUT2D eigenvalue weighted by atomic mass is 9.67. The third kappa shape index (κ3) is 2.02. The van der Waals surface area contributed by atoms with Crippen LogP contribution < -0.4 is 0 Å². The molecule has 0 bridgehead atoms. The maximum Gasteiger partial charge on any atom is 0.0117 e. The summed E-state index contributed by atoms with van der Waals surface area (Å²) < 4.78 is 0. The van der Waals surface area contributed by atoms with E-state index in [9.17, 15) is 0 Å². The Bertz CT molecular complexity index is 170. The molecular weight excluding hydrogens is 146 g/mol. The quantitative estimate of drug-likeness (QED) is 0.614. The lowest BCUT2D eigenvalue weighted by Gasteiger charge is -2.43. The van der Waals surface area contributed by atoms with Crippen molar-refractivity contribution in [1.29, 1.82) is 0 Å². The third-order valence-electron chi connectivity index (χ3n) is 3.14. The molecule has 0 amide bonds. The Morgan fingerprint density at radius 3 is 1.42 bits per heavy atom. The smallest absolute Gasteiger partial charge is 0.0117 e. The molecule has 0 unspecified atom stereocenters. The van der Waals surface area contributed by atoms with Crippen molar-refractivity contribution in [1.82, 2.24) is 4.90 Å². The molecule has 0 aromatic heterocycles. The van der Waals surface area contributed by atoms with Crippen LogP contribution in [0.5, 0.6) is 0 Å². The molecule has 0 saturated heterocycles. The highest BCUT2D eigenvalue weighted by molar-refractivity contribution is 5.09. The van der Waals surface area contributed by atoms with E-state index in [-0.39, 0.29) is 10.8 Å². The SMILES string of the molecule is C=C(N(C)C)C(C)(C)C(C)(C)C. The lowest BCUT2D eigenvalue weighted by molar-refractivity contribution is 0.143. The van der Waals surface area contributed by atoms with Gasteiger partial charge in [0.15, 0.2) is 0 Å². The minimum atomic E-state index is 0.149. The van der Waals surface area contributed by atoms with E-state index in [1.54, 1.807) is 0 Å². The second-order valence-electron chi connectivity index (χ2n) is 5.22. The van der Waals surface area contributed by atoms with E-state index in [1.807, 2.05) is 0 Å². The molecule has 12 heavy (non-hydrogen) atoms.